The van der Waals surface area contributed by atoms with Gasteiger partial charge < -0.3 is 15.4 Å². The molecule has 0 saturated heterocycles. The predicted octanol–water partition coefficient (Wildman–Crippen LogP) is 1.58. The summed E-state index contributed by atoms with van der Waals surface area (Å²) >= 11 is 1.22. The van der Waals surface area contributed by atoms with Crippen LogP contribution >= 0.6 is 35.3 Å². The first-order chi connectivity index (χ1) is 10.7. The zero-order valence-corrected chi connectivity index (χ0v) is 18.7. The van der Waals surface area contributed by atoms with Crippen LogP contribution in [0.4, 0.5) is 0 Å². The van der Waals surface area contributed by atoms with E-state index < -0.39 is 10.0 Å². The van der Waals surface area contributed by atoms with Gasteiger partial charge in [0.05, 0.1) is 5.60 Å². The smallest absolute Gasteiger partial charge is 0.252 e. The highest BCUT2D eigenvalue weighted by molar-refractivity contribution is 14.0. The van der Waals surface area contributed by atoms with E-state index in [9.17, 15) is 8.42 Å². The van der Waals surface area contributed by atoms with Crippen molar-refractivity contribution in [1.29, 1.82) is 0 Å². The molecule has 7 nitrogen and oxygen atoms in total. The van der Waals surface area contributed by atoms with Gasteiger partial charge in [0.2, 0.25) is 0 Å². The summed E-state index contributed by atoms with van der Waals surface area (Å²) < 4.78 is 31.6. The van der Waals surface area contributed by atoms with Gasteiger partial charge >= 0.3 is 0 Å². The molecule has 0 aromatic carbocycles. The van der Waals surface area contributed by atoms with Crippen LogP contribution in [0.2, 0.25) is 0 Å². The summed E-state index contributed by atoms with van der Waals surface area (Å²) in [4.78, 5) is 4.11. The lowest BCUT2D eigenvalue weighted by Crippen LogP contribution is -2.47. The number of rotatable bonds is 8. The molecule has 1 aromatic heterocycles. The monoisotopic (exact) mass is 490 g/mol. The lowest BCUT2D eigenvalue weighted by Gasteiger charge is -2.24. The van der Waals surface area contributed by atoms with Gasteiger partial charge in [-0.25, -0.2) is 8.42 Å². The van der Waals surface area contributed by atoms with E-state index in [1.165, 1.54) is 15.6 Å². The number of hydrogen-bond donors (Lipinski definition) is 2. The Labute approximate surface area is 165 Å². The van der Waals surface area contributed by atoms with Gasteiger partial charge in [0.25, 0.3) is 10.0 Å². The molecular weight excluding hydrogens is 463 g/mol. The summed E-state index contributed by atoms with van der Waals surface area (Å²) in [5.74, 6) is 0.608. The molecule has 0 aliphatic carbocycles. The molecule has 0 saturated carbocycles. The summed E-state index contributed by atoms with van der Waals surface area (Å²) in [6, 6.07) is 3.34. The van der Waals surface area contributed by atoms with E-state index in [1.807, 2.05) is 13.8 Å². The van der Waals surface area contributed by atoms with Crippen LogP contribution in [0.1, 0.15) is 13.8 Å². The Morgan fingerprint density at radius 3 is 2.58 bits per heavy atom. The summed E-state index contributed by atoms with van der Waals surface area (Å²) in [5.41, 5.74) is -0.309. The number of ether oxygens (including phenoxy) is 1. The van der Waals surface area contributed by atoms with E-state index >= 15 is 0 Å². The maximum Gasteiger partial charge on any atom is 0.252 e. The van der Waals surface area contributed by atoms with Crippen molar-refractivity contribution < 1.29 is 13.2 Å². The molecule has 0 radical (unpaired) electrons. The zero-order chi connectivity index (χ0) is 17.5. The number of likely N-dealkylation sites (N-methyl/N-ethyl adjacent to an activating group) is 1. The molecule has 24 heavy (non-hydrogen) atoms. The van der Waals surface area contributed by atoms with E-state index in [1.54, 1.807) is 38.7 Å². The number of sulfonamides is 1. The Kier molecular flexibility index (Phi) is 10.3. The van der Waals surface area contributed by atoms with Crippen molar-refractivity contribution >= 4 is 51.3 Å². The summed E-state index contributed by atoms with van der Waals surface area (Å²) in [5, 5.41) is 8.00. The number of aliphatic imine (C=N–C) groups is 1. The Morgan fingerprint density at radius 2 is 2.08 bits per heavy atom. The van der Waals surface area contributed by atoms with Crippen LogP contribution in [-0.2, 0) is 14.8 Å². The first-order valence-corrected chi connectivity index (χ1v) is 9.54. The van der Waals surface area contributed by atoms with E-state index in [0.29, 0.717) is 29.8 Å². The molecule has 2 N–H and O–H groups in total. The van der Waals surface area contributed by atoms with E-state index in [2.05, 4.69) is 15.6 Å². The highest BCUT2D eigenvalue weighted by atomic mass is 127. The van der Waals surface area contributed by atoms with Crippen LogP contribution in [0.3, 0.4) is 0 Å². The summed E-state index contributed by atoms with van der Waals surface area (Å²) in [6.07, 6.45) is 0. The van der Waals surface area contributed by atoms with Gasteiger partial charge in [-0.2, -0.15) is 4.31 Å². The number of thiophene rings is 1. The average molecular weight is 490 g/mol. The topological polar surface area (TPSA) is 83.0 Å². The van der Waals surface area contributed by atoms with Crippen molar-refractivity contribution in [1.82, 2.24) is 14.9 Å². The van der Waals surface area contributed by atoms with Crippen molar-refractivity contribution in [3.8, 4) is 0 Å². The van der Waals surface area contributed by atoms with Crippen molar-refractivity contribution in [3.05, 3.63) is 17.5 Å². The van der Waals surface area contributed by atoms with Crippen molar-refractivity contribution in [2.75, 3.05) is 40.8 Å². The molecule has 0 aliphatic heterocycles. The van der Waals surface area contributed by atoms with Crippen LogP contribution in [-0.4, -0.2) is 65.1 Å². The second-order valence-corrected chi connectivity index (χ2v) is 8.79. The second kappa shape index (κ2) is 10.5. The molecular formula is C14H27IN4O3S2. The average Bonchev–Trinajstić information content (AvgIpc) is 3.05. The predicted molar refractivity (Wildman–Crippen MR) is 110 cm³/mol. The van der Waals surface area contributed by atoms with Gasteiger partial charge in [0.15, 0.2) is 5.96 Å². The molecule has 1 heterocycles. The first kappa shape index (κ1) is 23.6. The third-order valence-corrected chi connectivity index (χ3v) is 6.57. The lowest BCUT2D eigenvalue weighted by molar-refractivity contribution is 0.0268. The minimum atomic E-state index is -3.41. The highest BCUT2D eigenvalue weighted by Gasteiger charge is 2.21. The number of hydrogen-bond acceptors (Lipinski definition) is 5. The van der Waals surface area contributed by atoms with Crippen LogP contribution in [0.15, 0.2) is 26.7 Å². The number of halogens is 1. The summed E-state index contributed by atoms with van der Waals surface area (Å²) in [7, 11) is 1.49. The zero-order valence-electron chi connectivity index (χ0n) is 14.7. The molecule has 0 spiro atoms. The highest BCUT2D eigenvalue weighted by Crippen LogP contribution is 2.19. The van der Waals surface area contributed by atoms with Gasteiger partial charge in [-0.05, 0) is 25.3 Å². The molecule has 0 bridgehead atoms. The minimum Gasteiger partial charge on any atom is -0.377 e. The van der Waals surface area contributed by atoms with Gasteiger partial charge in [0.1, 0.15) is 4.21 Å². The standard InChI is InChI=1S/C14H26N4O3S2.HI/c1-14(2,21-5)11-17-13(15-3)16-8-9-18(4)23(19,20)12-7-6-10-22-12;/h6-7,10H,8-9,11H2,1-5H3,(H2,15,16,17);1H. The van der Waals surface area contributed by atoms with Crippen LogP contribution in [0, 0.1) is 0 Å². The van der Waals surface area contributed by atoms with Gasteiger partial charge in [-0.1, -0.05) is 6.07 Å². The molecule has 0 aliphatic rings. The lowest BCUT2D eigenvalue weighted by atomic mass is 10.1. The number of guanidine groups is 1. The third kappa shape index (κ3) is 7.21. The normalized spacial score (nSPS) is 12.8. The third-order valence-electron chi connectivity index (χ3n) is 3.34. The SMILES string of the molecule is CN=C(NCCN(C)S(=O)(=O)c1cccs1)NCC(C)(C)OC.I. The molecule has 0 amide bonds. The van der Waals surface area contributed by atoms with Crippen molar-refractivity contribution in [2.24, 2.45) is 4.99 Å². The molecule has 10 heteroatoms. The molecule has 1 aromatic rings. The number of nitrogens with zero attached hydrogens (tertiary/aromatic N) is 2. The molecule has 0 fully saturated rings. The number of methoxy groups -OCH3 is 1. The molecule has 140 valence electrons. The fraction of sp³-hybridized carbons (Fsp3) is 0.643. The van der Waals surface area contributed by atoms with Gasteiger partial charge in [-0.3, -0.25) is 4.99 Å². The van der Waals surface area contributed by atoms with Crippen LogP contribution in [0.25, 0.3) is 0 Å². The number of nitrogens with one attached hydrogen (secondary N) is 2. The minimum absolute atomic E-state index is 0. The van der Waals surface area contributed by atoms with E-state index in [0.717, 1.165) is 0 Å². The van der Waals surface area contributed by atoms with Gasteiger partial charge in [0, 0.05) is 40.8 Å². The molecule has 0 atom stereocenters. The van der Waals surface area contributed by atoms with Crippen molar-refractivity contribution in [3.63, 3.8) is 0 Å². The quantitative estimate of drug-likeness (QED) is 0.329. The van der Waals surface area contributed by atoms with Gasteiger partial charge in [-0.15, -0.1) is 35.3 Å². The fourth-order valence-electron chi connectivity index (χ4n) is 1.61. The van der Waals surface area contributed by atoms with E-state index in [-0.39, 0.29) is 29.6 Å². The van der Waals surface area contributed by atoms with Crippen LogP contribution in [0.5, 0.6) is 0 Å². The van der Waals surface area contributed by atoms with Crippen LogP contribution < -0.4 is 10.6 Å². The van der Waals surface area contributed by atoms with E-state index in [4.69, 9.17) is 4.74 Å². The fourth-order valence-corrected chi connectivity index (χ4v) is 3.98. The Balaban J connectivity index is 0.00000529. The Hall–Kier alpha value is -0.430. The summed E-state index contributed by atoms with van der Waals surface area (Å²) in [6.45, 7) is 5.32. The largest absolute Gasteiger partial charge is 0.377 e. The van der Waals surface area contributed by atoms with Crippen molar-refractivity contribution in [2.45, 2.75) is 23.7 Å². The Bertz CT molecular complexity index is 604. The molecule has 1 rings (SSSR count). The molecule has 0 unspecified atom stereocenters. The maximum absolute atomic E-state index is 12.3. The maximum atomic E-state index is 12.3. The first-order valence-electron chi connectivity index (χ1n) is 7.22. The Morgan fingerprint density at radius 1 is 1.42 bits per heavy atom. The second-order valence-electron chi connectivity index (χ2n) is 5.58.